The summed E-state index contributed by atoms with van der Waals surface area (Å²) >= 11 is 0. The van der Waals surface area contributed by atoms with Crippen molar-refractivity contribution in [2.45, 2.75) is 13.5 Å². The first kappa shape index (κ1) is 11.6. The third-order valence-corrected chi connectivity index (χ3v) is 2.41. The number of hydrogen-bond donors (Lipinski definition) is 1. The molecule has 90 valence electrons. The lowest BCUT2D eigenvalue weighted by atomic mass is 10.1. The van der Waals surface area contributed by atoms with E-state index in [1.54, 1.807) is 13.0 Å². The minimum atomic E-state index is -0.357. The van der Waals surface area contributed by atoms with Crippen LogP contribution in [0.1, 0.15) is 11.7 Å². The molecule has 4 nitrogen and oxygen atoms in total. The molecular formula is C12H13FN2O2. The van der Waals surface area contributed by atoms with E-state index in [0.717, 1.165) is 0 Å². The van der Waals surface area contributed by atoms with E-state index >= 15 is 0 Å². The Morgan fingerprint density at radius 2 is 2.24 bits per heavy atom. The molecular weight excluding hydrogens is 223 g/mol. The predicted octanol–water partition coefficient (Wildman–Crippen LogP) is 2.26. The van der Waals surface area contributed by atoms with Gasteiger partial charge in [0.05, 0.1) is 13.7 Å². The van der Waals surface area contributed by atoms with E-state index in [1.807, 2.05) is 0 Å². The lowest BCUT2D eigenvalue weighted by Crippen LogP contribution is -1.98. The highest BCUT2D eigenvalue weighted by Crippen LogP contribution is 2.32. The monoisotopic (exact) mass is 236 g/mol. The van der Waals surface area contributed by atoms with Crippen LogP contribution in [0.4, 0.5) is 4.39 Å². The molecule has 0 bridgehead atoms. The maximum Gasteiger partial charge on any atom is 0.191 e. The summed E-state index contributed by atoms with van der Waals surface area (Å²) in [5, 5.41) is 0. The SMILES string of the molecule is COc1ccc(F)cc1-c1nc(C)oc1CN. The lowest BCUT2D eigenvalue weighted by Gasteiger charge is -2.06. The molecule has 0 radical (unpaired) electrons. The van der Waals surface area contributed by atoms with E-state index < -0.39 is 0 Å². The Morgan fingerprint density at radius 3 is 2.88 bits per heavy atom. The number of benzene rings is 1. The van der Waals surface area contributed by atoms with Gasteiger partial charge in [0.1, 0.15) is 23.0 Å². The van der Waals surface area contributed by atoms with Crippen molar-refractivity contribution < 1.29 is 13.5 Å². The first-order valence-corrected chi connectivity index (χ1v) is 5.16. The number of aromatic nitrogens is 1. The zero-order valence-electron chi connectivity index (χ0n) is 9.66. The van der Waals surface area contributed by atoms with Gasteiger partial charge < -0.3 is 14.9 Å². The predicted molar refractivity (Wildman–Crippen MR) is 61.1 cm³/mol. The molecule has 1 aromatic carbocycles. The van der Waals surface area contributed by atoms with Gasteiger partial charge in [-0.15, -0.1) is 0 Å². The van der Waals surface area contributed by atoms with Crippen molar-refractivity contribution >= 4 is 0 Å². The molecule has 0 spiro atoms. The Bertz CT molecular complexity index is 537. The molecule has 0 fully saturated rings. The molecule has 2 aromatic rings. The number of hydrogen-bond acceptors (Lipinski definition) is 4. The van der Waals surface area contributed by atoms with Crippen molar-refractivity contribution in [1.29, 1.82) is 0 Å². The largest absolute Gasteiger partial charge is 0.496 e. The molecule has 2 N–H and O–H groups in total. The van der Waals surface area contributed by atoms with Crippen LogP contribution >= 0.6 is 0 Å². The minimum absolute atomic E-state index is 0.204. The number of nitrogens with two attached hydrogens (primary N) is 1. The summed E-state index contributed by atoms with van der Waals surface area (Å²) < 4.78 is 23.8. The molecule has 0 saturated heterocycles. The van der Waals surface area contributed by atoms with E-state index in [2.05, 4.69) is 4.98 Å². The van der Waals surface area contributed by atoms with Gasteiger partial charge in [0.25, 0.3) is 0 Å². The molecule has 0 saturated carbocycles. The Kier molecular flexibility index (Phi) is 3.10. The van der Waals surface area contributed by atoms with Gasteiger partial charge in [0.15, 0.2) is 5.89 Å². The fourth-order valence-electron chi connectivity index (χ4n) is 1.68. The van der Waals surface area contributed by atoms with Gasteiger partial charge in [-0.3, -0.25) is 0 Å². The van der Waals surface area contributed by atoms with Crippen molar-refractivity contribution in [3.8, 4) is 17.0 Å². The number of rotatable bonds is 3. The summed E-state index contributed by atoms with van der Waals surface area (Å²) in [6, 6.07) is 4.24. The molecule has 2 rings (SSSR count). The van der Waals surface area contributed by atoms with Gasteiger partial charge in [-0.1, -0.05) is 0 Å². The normalized spacial score (nSPS) is 10.6. The lowest BCUT2D eigenvalue weighted by molar-refractivity contribution is 0.415. The second-order valence-corrected chi connectivity index (χ2v) is 3.55. The Labute approximate surface area is 98.2 Å². The third-order valence-electron chi connectivity index (χ3n) is 2.41. The number of nitrogens with zero attached hydrogens (tertiary/aromatic N) is 1. The maximum atomic E-state index is 13.3. The first-order chi connectivity index (χ1) is 8.15. The van der Waals surface area contributed by atoms with Crippen molar-refractivity contribution in [3.05, 3.63) is 35.7 Å². The van der Waals surface area contributed by atoms with E-state index in [9.17, 15) is 4.39 Å². The molecule has 0 aliphatic heterocycles. The van der Waals surface area contributed by atoms with Crippen molar-refractivity contribution in [3.63, 3.8) is 0 Å². The standard InChI is InChI=1S/C12H13FN2O2/c1-7-15-12(11(6-14)17-7)9-5-8(13)3-4-10(9)16-2/h3-5H,6,14H2,1-2H3. The van der Waals surface area contributed by atoms with Crippen LogP contribution in [0.3, 0.4) is 0 Å². The third kappa shape index (κ3) is 2.14. The Balaban J connectivity index is 2.61. The number of oxazole rings is 1. The summed E-state index contributed by atoms with van der Waals surface area (Å²) in [6.07, 6.45) is 0. The number of ether oxygens (including phenoxy) is 1. The average molecular weight is 236 g/mol. The van der Waals surface area contributed by atoms with Gasteiger partial charge in [-0.25, -0.2) is 9.37 Å². The van der Waals surface area contributed by atoms with Crippen LogP contribution in [0.5, 0.6) is 5.75 Å². The van der Waals surface area contributed by atoms with E-state index in [-0.39, 0.29) is 12.4 Å². The van der Waals surface area contributed by atoms with Crippen LogP contribution in [0.15, 0.2) is 22.6 Å². The molecule has 0 amide bonds. The average Bonchev–Trinajstić information content (AvgIpc) is 2.70. The summed E-state index contributed by atoms with van der Waals surface area (Å²) in [5.74, 6) is 1.19. The number of methoxy groups -OCH3 is 1. The van der Waals surface area contributed by atoms with Crippen LogP contribution in [-0.2, 0) is 6.54 Å². The summed E-state index contributed by atoms with van der Waals surface area (Å²) in [5.41, 5.74) is 6.64. The molecule has 0 aliphatic carbocycles. The zero-order chi connectivity index (χ0) is 12.4. The molecule has 5 heteroatoms. The molecule has 0 atom stereocenters. The molecule has 0 unspecified atom stereocenters. The molecule has 0 aliphatic rings. The maximum absolute atomic E-state index is 13.3. The Hall–Kier alpha value is -1.88. The summed E-state index contributed by atoms with van der Waals surface area (Å²) in [7, 11) is 1.52. The first-order valence-electron chi connectivity index (χ1n) is 5.16. The van der Waals surface area contributed by atoms with Crippen molar-refractivity contribution in [2.75, 3.05) is 7.11 Å². The zero-order valence-corrected chi connectivity index (χ0v) is 9.66. The molecule has 1 heterocycles. The smallest absolute Gasteiger partial charge is 0.191 e. The highest BCUT2D eigenvalue weighted by atomic mass is 19.1. The number of halogens is 1. The van der Waals surface area contributed by atoms with Crippen molar-refractivity contribution in [2.24, 2.45) is 5.73 Å². The van der Waals surface area contributed by atoms with Crippen LogP contribution in [0.2, 0.25) is 0 Å². The van der Waals surface area contributed by atoms with Gasteiger partial charge in [-0.05, 0) is 18.2 Å². The van der Waals surface area contributed by atoms with Gasteiger partial charge in [0, 0.05) is 12.5 Å². The van der Waals surface area contributed by atoms with E-state index in [4.69, 9.17) is 14.9 Å². The number of aryl methyl sites for hydroxylation is 1. The van der Waals surface area contributed by atoms with Crippen LogP contribution in [0, 0.1) is 12.7 Å². The van der Waals surface area contributed by atoms with Crippen molar-refractivity contribution in [1.82, 2.24) is 4.98 Å². The highest BCUT2D eigenvalue weighted by molar-refractivity contribution is 5.68. The van der Waals surface area contributed by atoms with Crippen LogP contribution < -0.4 is 10.5 Å². The van der Waals surface area contributed by atoms with Gasteiger partial charge in [0.2, 0.25) is 0 Å². The topological polar surface area (TPSA) is 61.3 Å². The van der Waals surface area contributed by atoms with Crippen LogP contribution in [0.25, 0.3) is 11.3 Å². The van der Waals surface area contributed by atoms with Crippen LogP contribution in [-0.4, -0.2) is 12.1 Å². The minimum Gasteiger partial charge on any atom is -0.496 e. The molecule has 17 heavy (non-hydrogen) atoms. The molecule has 1 aromatic heterocycles. The van der Waals surface area contributed by atoms with E-state index in [1.165, 1.54) is 19.2 Å². The highest BCUT2D eigenvalue weighted by Gasteiger charge is 2.16. The quantitative estimate of drug-likeness (QED) is 0.887. The Morgan fingerprint density at radius 1 is 1.47 bits per heavy atom. The van der Waals surface area contributed by atoms with Gasteiger partial charge >= 0.3 is 0 Å². The fourth-order valence-corrected chi connectivity index (χ4v) is 1.68. The van der Waals surface area contributed by atoms with E-state index in [0.29, 0.717) is 28.7 Å². The summed E-state index contributed by atoms with van der Waals surface area (Å²) in [6.45, 7) is 1.92. The second kappa shape index (κ2) is 4.55. The van der Waals surface area contributed by atoms with Gasteiger partial charge in [-0.2, -0.15) is 0 Å². The second-order valence-electron chi connectivity index (χ2n) is 3.55. The summed E-state index contributed by atoms with van der Waals surface area (Å²) in [4.78, 5) is 4.21. The fraction of sp³-hybridized carbons (Fsp3) is 0.250.